The second kappa shape index (κ2) is 7.14. The molecule has 0 bridgehead atoms. The Morgan fingerprint density at radius 3 is 2.53 bits per heavy atom. The number of hydrogen-bond donors (Lipinski definition) is 1. The van der Waals surface area contributed by atoms with E-state index >= 15 is 0 Å². The molecule has 4 nitrogen and oxygen atoms in total. The summed E-state index contributed by atoms with van der Waals surface area (Å²) in [5.41, 5.74) is 3.15. The lowest BCUT2D eigenvalue weighted by Gasteiger charge is -2.21. The third kappa shape index (κ3) is 3.96. The molecule has 0 aromatic heterocycles. The molecule has 0 atom stereocenters. The van der Waals surface area contributed by atoms with Crippen LogP contribution in [0.15, 0.2) is 12.1 Å². The van der Waals surface area contributed by atoms with Crippen LogP contribution in [0.4, 0.5) is 5.69 Å². The van der Waals surface area contributed by atoms with Gasteiger partial charge in [-0.2, -0.15) is 0 Å². The fourth-order valence-electron chi connectivity index (χ4n) is 1.92. The van der Waals surface area contributed by atoms with Crippen molar-refractivity contribution in [3.8, 4) is 5.75 Å². The van der Waals surface area contributed by atoms with E-state index in [-0.39, 0.29) is 5.91 Å². The Balaban J connectivity index is 2.89. The van der Waals surface area contributed by atoms with Crippen molar-refractivity contribution in [1.82, 2.24) is 5.32 Å². The summed E-state index contributed by atoms with van der Waals surface area (Å²) in [6.07, 6.45) is 1.38. The molecule has 0 saturated carbocycles. The number of rotatable bonds is 6. The highest BCUT2D eigenvalue weighted by atomic mass is 16.5. The van der Waals surface area contributed by atoms with Crippen LogP contribution in [0.1, 0.15) is 24.0 Å². The van der Waals surface area contributed by atoms with E-state index in [9.17, 15) is 4.79 Å². The van der Waals surface area contributed by atoms with Gasteiger partial charge in [-0.05, 0) is 57.1 Å². The molecule has 0 fully saturated rings. The largest absolute Gasteiger partial charge is 0.495 e. The fraction of sp³-hybridized carbons (Fsp3) is 0.533. The van der Waals surface area contributed by atoms with Crippen LogP contribution >= 0.6 is 0 Å². The molecule has 0 radical (unpaired) electrons. The van der Waals surface area contributed by atoms with Crippen LogP contribution < -0.4 is 15.0 Å². The lowest BCUT2D eigenvalue weighted by atomic mass is 10.1. The smallest absolute Gasteiger partial charge is 0.226 e. The molecule has 1 N–H and O–H groups in total. The number of benzene rings is 1. The molecule has 1 aromatic rings. The minimum Gasteiger partial charge on any atom is -0.495 e. The summed E-state index contributed by atoms with van der Waals surface area (Å²) in [6, 6.07) is 3.98. The number of nitrogens with zero attached hydrogens (tertiary/aromatic N) is 1. The van der Waals surface area contributed by atoms with E-state index in [1.807, 2.05) is 33.0 Å². The van der Waals surface area contributed by atoms with E-state index in [0.29, 0.717) is 6.42 Å². The Kier molecular flexibility index (Phi) is 5.83. The summed E-state index contributed by atoms with van der Waals surface area (Å²) >= 11 is 0. The summed E-state index contributed by atoms with van der Waals surface area (Å²) < 4.78 is 5.37. The van der Waals surface area contributed by atoms with E-state index < -0.39 is 0 Å². The maximum atomic E-state index is 12.1. The highest BCUT2D eigenvalue weighted by Gasteiger charge is 2.16. The van der Waals surface area contributed by atoms with Gasteiger partial charge in [-0.25, -0.2) is 0 Å². The topological polar surface area (TPSA) is 41.6 Å². The van der Waals surface area contributed by atoms with E-state index in [2.05, 4.69) is 5.32 Å². The minimum absolute atomic E-state index is 0.108. The normalized spacial score (nSPS) is 10.4. The van der Waals surface area contributed by atoms with Crippen molar-refractivity contribution >= 4 is 11.6 Å². The van der Waals surface area contributed by atoms with Crippen LogP contribution in [0, 0.1) is 13.8 Å². The van der Waals surface area contributed by atoms with Crippen LogP contribution in [0.5, 0.6) is 5.75 Å². The molecule has 0 heterocycles. The van der Waals surface area contributed by atoms with E-state index in [0.717, 1.165) is 35.5 Å². The van der Waals surface area contributed by atoms with Gasteiger partial charge in [-0.15, -0.1) is 0 Å². The number of hydrogen-bond acceptors (Lipinski definition) is 3. The molecule has 0 saturated heterocycles. The van der Waals surface area contributed by atoms with Crippen LogP contribution in [-0.4, -0.2) is 33.7 Å². The van der Waals surface area contributed by atoms with Gasteiger partial charge < -0.3 is 15.0 Å². The first kappa shape index (κ1) is 15.5. The first-order chi connectivity index (χ1) is 9.01. The van der Waals surface area contributed by atoms with Crippen molar-refractivity contribution in [3.63, 3.8) is 0 Å². The SMILES string of the molecule is CNCCCC(=O)N(C)c1cc(C)c(C)cc1OC. The molecular formula is C15H24N2O2. The molecule has 4 heteroatoms. The Morgan fingerprint density at radius 2 is 1.95 bits per heavy atom. The second-order valence-corrected chi connectivity index (χ2v) is 4.77. The zero-order valence-electron chi connectivity index (χ0n) is 12.5. The Bertz CT molecular complexity index is 444. The van der Waals surface area contributed by atoms with Crippen molar-refractivity contribution in [2.45, 2.75) is 26.7 Å². The first-order valence-electron chi connectivity index (χ1n) is 6.57. The van der Waals surface area contributed by atoms with Crippen molar-refractivity contribution in [3.05, 3.63) is 23.3 Å². The molecule has 0 unspecified atom stereocenters. The molecule has 106 valence electrons. The molecule has 1 aromatic carbocycles. The van der Waals surface area contributed by atoms with Crippen molar-refractivity contribution in [2.24, 2.45) is 0 Å². The average molecular weight is 264 g/mol. The highest BCUT2D eigenvalue weighted by molar-refractivity contribution is 5.94. The zero-order chi connectivity index (χ0) is 14.4. The summed E-state index contributed by atoms with van der Waals surface area (Å²) in [5, 5.41) is 3.05. The fourth-order valence-corrected chi connectivity index (χ4v) is 1.92. The minimum atomic E-state index is 0.108. The number of ether oxygens (including phenoxy) is 1. The number of nitrogens with one attached hydrogen (secondary N) is 1. The van der Waals surface area contributed by atoms with Gasteiger partial charge in [-0.1, -0.05) is 0 Å². The van der Waals surface area contributed by atoms with Gasteiger partial charge in [0.25, 0.3) is 0 Å². The molecule has 0 aliphatic heterocycles. The van der Waals surface area contributed by atoms with Gasteiger partial charge in [0.05, 0.1) is 12.8 Å². The van der Waals surface area contributed by atoms with Gasteiger partial charge in [0.2, 0.25) is 5.91 Å². The monoisotopic (exact) mass is 264 g/mol. The average Bonchev–Trinajstić information content (AvgIpc) is 2.40. The maximum Gasteiger partial charge on any atom is 0.226 e. The lowest BCUT2D eigenvalue weighted by Crippen LogP contribution is -2.27. The maximum absolute atomic E-state index is 12.1. The summed E-state index contributed by atoms with van der Waals surface area (Å²) in [5.74, 6) is 0.851. The molecule has 0 aliphatic rings. The van der Waals surface area contributed by atoms with Crippen LogP contribution in [0.25, 0.3) is 0 Å². The number of aryl methyl sites for hydroxylation is 2. The number of carbonyl (C=O) groups excluding carboxylic acids is 1. The van der Waals surface area contributed by atoms with Gasteiger partial charge in [0, 0.05) is 13.5 Å². The van der Waals surface area contributed by atoms with Crippen molar-refractivity contribution in [1.29, 1.82) is 0 Å². The molecular weight excluding hydrogens is 240 g/mol. The van der Waals surface area contributed by atoms with E-state index in [4.69, 9.17) is 4.74 Å². The Morgan fingerprint density at radius 1 is 1.32 bits per heavy atom. The van der Waals surface area contributed by atoms with Crippen molar-refractivity contribution in [2.75, 3.05) is 32.6 Å². The molecule has 1 rings (SSSR count). The third-order valence-corrected chi connectivity index (χ3v) is 3.35. The van der Waals surface area contributed by atoms with Crippen LogP contribution in [0.3, 0.4) is 0 Å². The number of carbonyl (C=O) groups is 1. The van der Waals surface area contributed by atoms with Gasteiger partial charge in [0.1, 0.15) is 5.75 Å². The second-order valence-electron chi connectivity index (χ2n) is 4.77. The third-order valence-electron chi connectivity index (χ3n) is 3.35. The number of amides is 1. The van der Waals surface area contributed by atoms with Gasteiger partial charge >= 0.3 is 0 Å². The van der Waals surface area contributed by atoms with Crippen LogP contribution in [-0.2, 0) is 4.79 Å². The molecule has 0 spiro atoms. The standard InChI is InChI=1S/C15H24N2O2/c1-11-9-13(14(19-5)10-12(11)2)17(4)15(18)7-6-8-16-3/h9-10,16H,6-8H2,1-5H3. The predicted molar refractivity (Wildman–Crippen MR) is 79.0 cm³/mol. The summed E-state index contributed by atoms with van der Waals surface area (Å²) in [6.45, 7) is 4.93. The van der Waals surface area contributed by atoms with E-state index in [1.54, 1.807) is 19.1 Å². The molecule has 1 amide bonds. The Labute approximate surface area is 115 Å². The zero-order valence-corrected chi connectivity index (χ0v) is 12.5. The van der Waals surface area contributed by atoms with Gasteiger partial charge in [0.15, 0.2) is 0 Å². The van der Waals surface area contributed by atoms with Crippen molar-refractivity contribution < 1.29 is 9.53 Å². The molecule has 0 aliphatic carbocycles. The predicted octanol–water partition coefficient (Wildman–Crippen LogP) is 2.27. The first-order valence-corrected chi connectivity index (χ1v) is 6.57. The summed E-state index contributed by atoms with van der Waals surface area (Å²) in [7, 11) is 5.32. The Hall–Kier alpha value is -1.55. The van der Waals surface area contributed by atoms with Crippen LogP contribution in [0.2, 0.25) is 0 Å². The number of anilines is 1. The lowest BCUT2D eigenvalue weighted by molar-refractivity contribution is -0.118. The summed E-state index contributed by atoms with van der Waals surface area (Å²) in [4.78, 5) is 13.8. The highest BCUT2D eigenvalue weighted by Crippen LogP contribution is 2.31. The van der Waals surface area contributed by atoms with E-state index in [1.165, 1.54) is 0 Å². The quantitative estimate of drug-likeness (QED) is 0.801. The van der Waals surface area contributed by atoms with Gasteiger partial charge in [-0.3, -0.25) is 4.79 Å². The number of methoxy groups -OCH3 is 1. The molecule has 19 heavy (non-hydrogen) atoms.